The number of nitrogens with one attached hydrogen (secondary N) is 2. The van der Waals surface area contributed by atoms with E-state index in [2.05, 4.69) is 20.6 Å². The molecule has 3 aromatic rings. The molecule has 0 aliphatic heterocycles. The van der Waals surface area contributed by atoms with Gasteiger partial charge in [0.2, 0.25) is 0 Å². The Bertz CT molecular complexity index is 728. The normalized spacial score (nSPS) is 10.1. The second kappa shape index (κ2) is 6.15. The van der Waals surface area contributed by atoms with Crippen molar-refractivity contribution in [3.8, 4) is 0 Å². The molecule has 0 fully saturated rings. The molecule has 104 valence electrons. The van der Waals surface area contributed by atoms with E-state index in [4.69, 9.17) is 0 Å². The molecule has 0 aliphatic carbocycles. The van der Waals surface area contributed by atoms with Crippen LogP contribution in [0.4, 0.5) is 16.5 Å². The molecule has 0 unspecified atom stereocenters. The Labute approximate surface area is 125 Å². The lowest BCUT2D eigenvalue weighted by Crippen LogP contribution is -2.12. The summed E-state index contributed by atoms with van der Waals surface area (Å²) in [5.41, 5.74) is 1.97. The molecule has 2 aromatic heterocycles. The maximum atomic E-state index is 12.1. The third-order valence-electron chi connectivity index (χ3n) is 2.68. The summed E-state index contributed by atoms with van der Waals surface area (Å²) in [5.74, 6) is -0.225. The minimum atomic E-state index is -0.225. The minimum Gasteiger partial charge on any atom is -0.330 e. The number of hydrogen-bond acceptors (Lipinski definition) is 5. The zero-order valence-electron chi connectivity index (χ0n) is 11.0. The van der Waals surface area contributed by atoms with Crippen LogP contribution < -0.4 is 10.6 Å². The average Bonchev–Trinajstić information content (AvgIpc) is 2.98. The third kappa shape index (κ3) is 3.43. The largest absolute Gasteiger partial charge is 0.330 e. The predicted octanol–water partition coefficient (Wildman–Crippen LogP) is 3.53. The Hall–Kier alpha value is -2.73. The van der Waals surface area contributed by atoms with Gasteiger partial charge in [0.05, 0.1) is 11.9 Å². The summed E-state index contributed by atoms with van der Waals surface area (Å²) in [4.78, 5) is 20.4. The highest BCUT2D eigenvalue weighted by molar-refractivity contribution is 7.14. The van der Waals surface area contributed by atoms with E-state index >= 15 is 0 Å². The van der Waals surface area contributed by atoms with Gasteiger partial charge in [-0.25, -0.2) is 4.98 Å². The van der Waals surface area contributed by atoms with Gasteiger partial charge in [0.1, 0.15) is 5.69 Å². The second-order valence-electron chi connectivity index (χ2n) is 4.22. The van der Waals surface area contributed by atoms with Crippen molar-refractivity contribution >= 4 is 33.8 Å². The van der Waals surface area contributed by atoms with Gasteiger partial charge in [-0.15, -0.1) is 11.3 Å². The molecule has 6 heteroatoms. The van der Waals surface area contributed by atoms with E-state index in [-0.39, 0.29) is 5.91 Å². The van der Waals surface area contributed by atoms with E-state index < -0.39 is 0 Å². The van der Waals surface area contributed by atoms with E-state index in [1.54, 1.807) is 17.8 Å². The first-order valence-corrected chi connectivity index (χ1v) is 7.18. The van der Waals surface area contributed by atoms with E-state index in [1.165, 1.54) is 11.3 Å². The minimum absolute atomic E-state index is 0.225. The maximum absolute atomic E-state index is 12.1. The zero-order valence-corrected chi connectivity index (χ0v) is 11.8. The highest BCUT2D eigenvalue weighted by Gasteiger charge is 2.11. The quantitative estimate of drug-likeness (QED) is 0.773. The number of pyridine rings is 1. The lowest BCUT2D eigenvalue weighted by atomic mass is 10.3. The van der Waals surface area contributed by atoms with Crippen molar-refractivity contribution in [3.63, 3.8) is 0 Å². The smallest absolute Gasteiger partial charge is 0.275 e. The van der Waals surface area contributed by atoms with Crippen LogP contribution in [-0.4, -0.2) is 15.9 Å². The van der Waals surface area contributed by atoms with Crippen LogP contribution in [0.15, 0.2) is 60.2 Å². The van der Waals surface area contributed by atoms with Gasteiger partial charge in [-0.2, -0.15) is 0 Å². The van der Waals surface area contributed by atoms with Crippen molar-refractivity contribution in [3.05, 3.63) is 65.9 Å². The lowest BCUT2D eigenvalue weighted by molar-refractivity contribution is 0.102. The lowest BCUT2D eigenvalue weighted by Gasteiger charge is -2.02. The van der Waals surface area contributed by atoms with Crippen LogP contribution in [0.2, 0.25) is 0 Å². The number of thiazole rings is 1. The molecule has 21 heavy (non-hydrogen) atoms. The van der Waals surface area contributed by atoms with Gasteiger partial charge < -0.3 is 10.6 Å². The van der Waals surface area contributed by atoms with Crippen LogP contribution in [0.1, 0.15) is 10.5 Å². The number of hydrogen-bond donors (Lipinski definition) is 2. The Kier molecular flexibility index (Phi) is 3.88. The number of rotatable bonds is 4. The fraction of sp³-hybridized carbons (Fsp3) is 0. The van der Waals surface area contributed by atoms with Gasteiger partial charge in [-0.3, -0.25) is 9.78 Å². The van der Waals surface area contributed by atoms with Crippen LogP contribution in [0.25, 0.3) is 0 Å². The number of benzene rings is 1. The molecule has 0 saturated heterocycles. The van der Waals surface area contributed by atoms with Crippen LogP contribution in [0.5, 0.6) is 0 Å². The Morgan fingerprint density at radius 1 is 1.05 bits per heavy atom. The van der Waals surface area contributed by atoms with Crippen molar-refractivity contribution in [2.45, 2.75) is 0 Å². The van der Waals surface area contributed by atoms with E-state index in [0.717, 1.165) is 11.4 Å². The molecule has 0 radical (unpaired) electrons. The molecule has 0 bridgehead atoms. The van der Waals surface area contributed by atoms with Gasteiger partial charge in [-0.1, -0.05) is 18.2 Å². The third-order valence-corrected chi connectivity index (χ3v) is 3.44. The Balaban J connectivity index is 1.68. The second-order valence-corrected chi connectivity index (χ2v) is 5.08. The van der Waals surface area contributed by atoms with E-state index in [0.29, 0.717) is 10.8 Å². The van der Waals surface area contributed by atoms with Gasteiger partial charge in [0, 0.05) is 17.3 Å². The molecule has 0 atom stereocenters. The topological polar surface area (TPSA) is 66.9 Å². The summed E-state index contributed by atoms with van der Waals surface area (Å²) in [6, 6.07) is 13.0. The number of amides is 1. The summed E-state index contributed by atoms with van der Waals surface area (Å²) in [6.07, 6.45) is 3.40. The standard InChI is InChI=1S/C15H12N4OS/c20-14(17-11-5-2-1-3-6-11)13-10-21-15(19-13)18-12-7-4-8-16-9-12/h1-10H,(H,17,20)(H,18,19). The van der Waals surface area contributed by atoms with E-state index in [9.17, 15) is 4.79 Å². The number of aromatic nitrogens is 2. The molecule has 5 nitrogen and oxygen atoms in total. The average molecular weight is 296 g/mol. The summed E-state index contributed by atoms with van der Waals surface area (Å²) in [5, 5.41) is 8.28. The van der Waals surface area contributed by atoms with Crippen molar-refractivity contribution in [1.82, 2.24) is 9.97 Å². The van der Waals surface area contributed by atoms with Crippen molar-refractivity contribution in [2.75, 3.05) is 10.6 Å². The Morgan fingerprint density at radius 2 is 1.86 bits per heavy atom. The summed E-state index contributed by atoms with van der Waals surface area (Å²) in [7, 11) is 0. The first kappa shape index (κ1) is 13.3. The number of anilines is 3. The summed E-state index contributed by atoms with van der Waals surface area (Å²) in [6.45, 7) is 0. The van der Waals surface area contributed by atoms with Crippen molar-refractivity contribution < 1.29 is 4.79 Å². The highest BCUT2D eigenvalue weighted by atomic mass is 32.1. The molecule has 0 saturated carbocycles. The van der Waals surface area contributed by atoms with Crippen molar-refractivity contribution in [1.29, 1.82) is 0 Å². The first-order valence-electron chi connectivity index (χ1n) is 6.30. The van der Waals surface area contributed by atoms with Gasteiger partial charge in [0.25, 0.3) is 5.91 Å². The van der Waals surface area contributed by atoms with E-state index in [1.807, 2.05) is 42.5 Å². The molecule has 0 aliphatic rings. The molecular formula is C15H12N4OS. The Morgan fingerprint density at radius 3 is 2.62 bits per heavy atom. The fourth-order valence-corrected chi connectivity index (χ4v) is 2.42. The predicted molar refractivity (Wildman–Crippen MR) is 84.0 cm³/mol. The molecular weight excluding hydrogens is 284 g/mol. The monoisotopic (exact) mass is 296 g/mol. The fourth-order valence-electron chi connectivity index (χ4n) is 1.71. The van der Waals surface area contributed by atoms with Gasteiger partial charge in [0.15, 0.2) is 5.13 Å². The first-order chi connectivity index (χ1) is 10.3. The molecule has 1 aromatic carbocycles. The molecule has 2 N–H and O–H groups in total. The van der Waals surface area contributed by atoms with Gasteiger partial charge in [-0.05, 0) is 24.3 Å². The van der Waals surface area contributed by atoms with Crippen LogP contribution >= 0.6 is 11.3 Å². The van der Waals surface area contributed by atoms with Crippen LogP contribution in [0.3, 0.4) is 0 Å². The molecule has 3 rings (SSSR count). The molecule has 0 spiro atoms. The van der Waals surface area contributed by atoms with Crippen LogP contribution in [0, 0.1) is 0 Å². The van der Waals surface area contributed by atoms with Crippen molar-refractivity contribution in [2.24, 2.45) is 0 Å². The summed E-state index contributed by atoms with van der Waals surface area (Å²) < 4.78 is 0. The number of para-hydroxylation sites is 1. The highest BCUT2D eigenvalue weighted by Crippen LogP contribution is 2.20. The number of carbonyl (C=O) groups excluding carboxylic acids is 1. The molecule has 2 heterocycles. The zero-order chi connectivity index (χ0) is 14.5. The number of carbonyl (C=O) groups is 1. The molecule has 1 amide bonds. The van der Waals surface area contributed by atoms with Gasteiger partial charge >= 0.3 is 0 Å². The maximum Gasteiger partial charge on any atom is 0.275 e. The SMILES string of the molecule is O=C(Nc1ccccc1)c1csc(Nc2cccnc2)n1. The number of nitrogens with zero attached hydrogens (tertiary/aromatic N) is 2. The van der Waals surface area contributed by atoms with Crippen LogP contribution in [-0.2, 0) is 0 Å². The summed E-state index contributed by atoms with van der Waals surface area (Å²) >= 11 is 1.37.